The predicted octanol–water partition coefficient (Wildman–Crippen LogP) is 2.38. The maximum absolute atomic E-state index is 11.2. The zero-order chi connectivity index (χ0) is 11.4. The van der Waals surface area contributed by atoms with Crippen LogP contribution in [-0.2, 0) is 4.79 Å². The van der Waals surface area contributed by atoms with E-state index in [1.165, 1.54) is 0 Å². The number of rotatable bonds is 3. The minimum Gasteiger partial charge on any atom is -0.494 e. The summed E-state index contributed by atoms with van der Waals surface area (Å²) in [5, 5.41) is 0. The van der Waals surface area contributed by atoms with Crippen molar-refractivity contribution >= 4 is 11.6 Å². The van der Waals surface area contributed by atoms with Crippen LogP contribution in [0.25, 0.3) is 0 Å². The van der Waals surface area contributed by atoms with Gasteiger partial charge in [0.25, 0.3) is 0 Å². The molecule has 0 atom stereocenters. The van der Waals surface area contributed by atoms with Crippen molar-refractivity contribution in [3.05, 3.63) is 23.8 Å². The van der Waals surface area contributed by atoms with Crippen molar-refractivity contribution < 1.29 is 9.53 Å². The fourth-order valence-electron chi connectivity index (χ4n) is 1.34. The summed E-state index contributed by atoms with van der Waals surface area (Å²) in [5.41, 5.74) is 1.94. The molecule has 0 bridgehead atoms. The first-order valence-corrected chi connectivity index (χ1v) is 5.04. The molecule has 0 unspecified atom stereocenters. The molecular formula is C12H17NO2. The van der Waals surface area contributed by atoms with Gasteiger partial charge in [0, 0.05) is 19.7 Å². The van der Waals surface area contributed by atoms with E-state index in [0.29, 0.717) is 6.61 Å². The van der Waals surface area contributed by atoms with Gasteiger partial charge < -0.3 is 9.64 Å². The van der Waals surface area contributed by atoms with E-state index in [2.05, 4.69) is 0 Å². The summed E-state index contributed by atoms with van der Waals surface area (Å²) in [4.78, 5) is 12.8. The quantitative estimate of drug-likeness (QED) is 0.761. The third-order valence-corrected chi connectivity index (χ3v) is 2.32. The molecule has 0 spiro atoms. The zero-order valence-corrected chi connectivity index (χ0v) is 9.70. The second-order valence-corrected chi connectivity index (χ2v) is 3.46. The third kappa shape index (κ3) is 2.72. The van der Waals surface area contributed by atoms with Gasteiger partial charge >= 0.3 is 0 Å². The first-order chi connectivity index (χ1) is 7.06. The number of aryl methyl sites for hydroxylation is 1. The summed E-state index contributed by atoms with van der Waals surface area (Å²) in [6.07, 6.45) is 0. The largest absolute Gasteiger partial charge is 0.494 e. The van der Waals surface area contributed by atoms with E-state index in [9.17, 15) is 4.79 Å². The zero-order valence-electron chi connectivity index (χ0n) is 9.70. The highest BCUT2D eigenvalue weighted by Crippen LogP contribution is 2.23. The highest BCUT2D eigenvalue weighted by atomic mass is 16.5. The van der Waals surface area contributed by atoms with Crippen LogP contribution in [0.15, 0.2) is 18.2 Å². The van der Waals surface area contributed by atoms with Gasteiger partial charge in [-0.25, -0.2) is 0 Å². The van der Waals surface area contributed by atoms with E-state index >= 15 is 0 Å². The molecule has 3 nitrogen and oxygen atoms in total. The molecule has 1 aromatic rings. The number of amides is 1. The topological polar surface area (TPSA) is 29.5 Å². The Labute approximate surface area is 90.7 Å². The maximum Gasteiger partial charge on any atom is 0.223 e. The van der Waals surface area contributed by atoms with Crippen LogP contribution in [-0.4, -0.2) is 19.6 Å². The summed E-state index contributed by atoms with van der Waals surface area (Å²) < 4.78 is 5.43. The van der Waals surface area contributed by atoms with Crippen molar-refractivity contribution in [3.63, 3.8) is 0 Å². The Morgan fingerprint density at radius 1 is 1.47 bits per heavy atom. The first kappa shape index (κ1) is 11.6. The Kier molecular flexibility index (Phi) is 3.72. The van der Waals surface area contributed by atoms with Crippen LogP contribution in [0.5, 0.6) is 5.75 Å². The molecule has 0 saturated heterocycles. The van der Waals surface area contributed by atoms with Crippen molar-refractivity contribution in [2.45, 2.75) is 20.8 Å². The van der Waals surface area contributed by atoms with Crippen LogP contribution >= 0.6 is 0 Å². The van der Waals surface area contributed by atoms with E-state index in [1.807, 2.05) is 32.0 Å². The summed E-state index contributed by atoms with van der Waals surface area (Å²) in [5.74, 6) is 0.900. The number of anilines is 1. The van der Waals surface area contributed by atoms with Crippen molar-refractivity contribution in [2.24, 2.45) is 0 Å². The van der Waals surface area contributed by atoms with Gasteiger partial charge in [0.2, 0.25) is 5.91 Å². The number of carbonyl (C=O) groups excluding carboxylic acids is 1. The van der Waals surface area contributed by atoms with Crippen molar-refractivity contribution in [1.29, 1.82) is 0 Å². The number of nitrogens with zero attached hydrogens (tertiary/aromatic N) is 1. The molecule has 82 valence electrons. The molecule has 1 amide bonds. The Morgan fingerprint density at radius 2 is 2.13 bits per heavy atom. The van der Waals surface area contributed by atoms with Gasteiger partial charge in [-0.3, -0.25) is 4.79 Å². The first-order valence-electron chi connectivity index (χ1n) is 5.04. The van der Waals surface area contributed by atoms with E-state index in [4.69, 9.17) is 4.74 Å². The summed E-state index contributed by atoms with van der Waals surface area (Å²) in [6.45, 7) is 6.13. The SMILES string of the molecule is CCOc1ccc(N(C)C(C)=O)cc1C. The fraction of sp³-hybridized carbons (Fsp3) is 0.417. The maximum atomic E-state index is 11.2. The van der Waals surface area contributed by atoms with E-state index in [-0.39, 0.29) is 5.91 Å². The van der Waals surface area contributed by atoms with Gasteiger partial charge in [-0.05, 0) is 37.6 Å². The third-order valence-electron chi connectivity index (χ3n) is 2.32. The molecule has 1 aromatic carbocycles. The molecule has 0 heterocycles. The van der Waals surface area contributed by atoms with E-state index in [0.717, 1.165) is 17.0 Å². The number of benzene rings is 1. The highest BCUT2D eigenvalue weighted by Gasteiger charge is 2.07. The van der Waals surface area contributed by atoms with Gasteiger partial charge in [0.15, 0.2) is 0 Å². The number of carbonyl (C=O) groups is 1. The molecule has 1 rings (SSSR count). The van der Waals surface area contributed by atoms with Crippen LogP contribution in [0.2, 0.25) is 0 Å². The molecule has 0 aromatic heterocycles. The lowest BCUT2D eigenvalue weighted by Crippen LogP contribution is -2.22. The molecule has 0 saturated carbocycles. The molecule has 0 aliphatic heterocycles. The average molecular weight is 207 g/mol. The Hall–Kier alpha value is -1.51. The Bertz CT molecular complexity index is 361. The molecule has 0 aliphatic rings. The average Bonchev–Trinajstić information content (AvgIpc) is 2.20. The van der Waals surface area contributed by atoms with Crippen molar-refractivity contribution in [3.8, 4) is 5.75 Å². The molecule has 0 fully saturated rings. The Balaban J connectivity index is 2.95. The minimum absolute atomic E-state index is 0.0264. The van der Waals surface area contributed by atoms with Crippen LogP contribution in [0.3, 0.4) is 0 Å². The number of hydrogen-bond donors (Lipinski definition) is 0. The predicted molar refractivity (Wildman–Crippen MR) is 61.4 cm³/mol. The van der Waals surface area contributed by atoms with Crippen LogP contribution in [0.1, 0.15) is 19.4 Å². The van der Waals surface area contributed by atoms with Gasteiger partial charge in [-0.2, -0.15) is 0 Å². The van der Waals surface area contributed by atoms with Crippen LogP contribution in [0, 0.1) is 6.92 Å². The molecule has 0 radical (unpaired) electrons. The number of ether oxygens (including phenoxy) is 1. The van der Waals surface area contributed by atoms with Crippen molar-refractivity contribution in [1.82, 2.24) is 0 Å². The van der Waals surface area contributed by atoms with Gasteiger partial charge in [0.05, 0.1) is 6.61 Å². The van der Waals surface area contributed by atoms with Crippen LogP contribution < -0.4 is 9.64 Å². The van der Waals surface area contributed by atoms with Gasteiger partial charge in [-0.1, -0.05) is 0 Å². The standard InChI is InChI=1S/C12H17NO2/c1-5-15-12-7-6-11(8-9(12)2)13(4)10(3)14/h6-8H,5H2,1-4H3. The van der Waals surface area contributed by atoms with Gasteiger partial charge in [-0.15, -0.1) is 0 Å². The summed E-state index contributed by atoms with van der Waals surface area (Å²) in [6, 6.07) is 5.74. The molecule has 15 heavy (non-hydrogen) atoms. The normalized spacial score (nSPS) is 9.87. The molecular weight excluding hydrogens is 190 g/mol. The van der Waals surface area contributed by atoms with E-state index < -0.39 is 0 Å². The lowest BCUT2D eigenvalue weighted by Gasteiger charge is -2.16. The van der Waals surface area contributed by atoms with Gasteiger partial charge in [0.1, 0.15) is 5.75 Å². The fourth-order valence-corrected chi connectivity index (χ4v) is 1.34. The smallest absolute Gasteiger partial charge is 0.223 e. The minimum atomic E-state index is 0.0264. The second-order valence-electron chi connectivity index (χ2n) is 3.46. The highest BCUT2D eigenvalue weighted by molar-refractivity contribution is 5.91. The number of hydrogen-bond acceptors (Lipinski definition) is 2. The molecule has 0 N–H and O–H groups in total. The Morgan fingerprint density at radius 3 is 2.60 bits per heavy atom. The lowest BCUT2D eigenvalue weighted by molar-refractivity contribution is -0.116. The van der Waals surface area contributed by atoms with Crippen LogP contribution in [0.4, 0.5) is 5.69 Å². The van der Waals surface area contributed by atoms with Crippen molar-refractivity contribution in [2.75, 3.05) is 18.6 Å². The molecule has 0 aliphatic carbocycles. The summed E-state index contributed by atoms with van der Waals surface area (Å²) >= 11 is 0. The summed E-state index contributed by atoms with van der Waals surface area (Å²) in [7, 11) is 1.76. The van der Waals surface area contributed by atoms with E-state index in [1.54, 1.807) is 18.9 Å². The second kappa shape index (κ2) is 4.82. The molecule has 3 heteroatoms. The lowest BCUT2D eigenvalue weighted by atomic mass is 10.2. The monoisotopic (exact) mass is 207 g/mol.